The van der Waals surface area contributed by atoms with Crippen molar-refractivity contribution in [2.45, 2.75) is 58.5 Å². The van der Waals surface area contributed by atoms with Gasteiger partial charge >= 0.3 is 0 Å². The Morgan fingerprint density at radius 3 is 2.06 bits per heavy atom. The third-order valence-electron chi connectivity index (χ3n) is 4.96. The summed E-state index contributed by atoms with van der Waals surface area (Å²) in [6.45, 7) is 7.34. The third-order valence-corrected chi connectivity index (χ3v) is 4.96. The molecule has 2 atom stereocenters. The lowest BCUT2D eigenvalue weighted by molar-refractivity contribution is -0.130. The first-order valence-corrected chi connectivity index (χ1v) is 11.1. The molecule has 2 aromatic rings. The number of primary amides is 1. The molecule has 0 aliphatic carbocycles. The Morgan fingerprint density at radius 1 is 0.939 bits per heavy atom. The second kappa shape index (κ2) is 11.9. The summed E-state index contributed by atoms with van der Waals surface area (Å²) in [6.07, 6.45) is 0.798. The van der Waals surface area contributed by atoms with E-state index >= 15 is 0 Å². The average molecular weight is 448 g/mol. The van der Waals surface area contributed by atoms with Crippen LogP contribution in [0.3, 0.4) is 0 Å². The molecule has 174 valence electrons. The highest BCUT2D eigenvalue weighted by Gasteiger charge is 2.25. The zero-order valence-corrected chi connectivity index (χ0v) is 19.8. The lowest BCUT2D eigenvalue weighted by Gasteiger charge is -2.26. The van der Waals surface area contributed by atoms with Gasteiger partial charge in [0, 0.05) is 35.4 Å². The van der Waals surface area contributed by atoms with Gasteiger partial charge in [-0.05, 0) is 57.0 Å². The fourth-order valence-corrected chi connectivity index (χ4v) is 3.05. The number of amides is 3. The van der Waals surface area contributed by atoms with Gasteiger partial charge in [-0.2, -0.15) is 0 Å². The number of nitrogens with two attached hydrogens (primary N) is 1. The number of nitrogens with one attached hydrogen (secondary N) is 2. The van der Waals surface area contributed by atoms with Crippen LogP contribution in [-0.2, 0) is 20.8 Å². The predicted molar refractivity (Wildman–Crippen MR) is 130 cm³/mol. The van der Waals surface area contributed by atoms with Crippen LogP contribution in [0.4, 0.5) is 0 Å². The zero-order chi connectivity index (χ0) is 24.4. The monoisotopic (exact) mass is 447 g/mol. The second-order valence-corrected chi connectivity index (χ2v) is 9.22. The molecule has 6 heteroatoms. The highest BCUT2D eigenvalue weighted by molar-refractivity contribution is 5.88. The van der Waals surface area contributed by atoms with Gasteiger partial charge in [-0.15, -0.1) is 0 Å². The largest absolute Gasteiger partial charge is 0.369 e. The number of carbonyl (C=O) groups excluding carboxylic acids is 3. The molecule has 0 heterocycles. The first-order valence-electron chi connectivity index (χ1n) is 11.1. The zero-order valence-electron chi connectivity index (χ0n) is 19.8. The van der Waals surface area contributed by atoms with Crippen LogP contribution >= 0.6 is 0 Å². The van der Waals surface area contributed by atoms with E-state index in [1.807, 2.05) is 75.4 Å². The van der Waals surface area contributed by atoms with Crippen LogP contribution < -0.4 is 16.4 Å². The van der Waals surface area contributed by atoms with Crippen LogP contribution in [0, 0.1) is 17.8 Å². The summed E-state index contributed by atoms with van der Waals surface area (Å²) >= 11 is 0. The number of carbonyl (C=O) groups is 3. The maximum Gasteiger partial charge on any atom is 0.243 e. The van der Waals surface area contributed by atoms with E-state index in [2.05, 4.69) is 22.5 Å². The van der Waals surface area contributed by atoms with Crippen molar-refractivity contribution in [3.63, 3.8) is 0 Å². The van der Waals surface area contributed by atoms with Gasteiger partial charge in [0.05, 0.1) is 0 Å². The highest BCUT2D eigenvalue weighted by atomic mass is 16.2. The summed E-state index contributed by atoms with van der Waals surface area (Å²) in [6, 6.07) is 16.6. The van der Waals surface area contributed by atoms with E-state index in [1.165, 1.54) is 0 Å². The molecule has 3 amide bonds. The van der Waals surface area contributed by atoms with Crippen LogP contribution in [0.2, 0.25) is 0 Å². The molecule has 4 N–H and O–H groups in total. The van der Waals surface area contributed by atoms with Gasteiger partial charge in [0.1, 0.15) is 6.04 Å². The molecule has 2 aromatic carbocycles. The summed E-state index contributed by atoms with van der Waals surface area (Å²) in [5.74, 6) is 4.85. The Hall–Kier alpha value is -3.59. The van der Waals surface area contributed by atoms with Crippen molar-refractivity contribution in [3.05, 3.63) is 71.3 Å². The van der Waals surface area contributed by atoms with E-state index in [0.717, 1.165) is 16.7 Å². The van der Waals surface area contributed by atoms with Gasteiger partial charge < -0.3 is 16.4 Å². The molecule has 2 rings (SSSR count). The minimum Gasteiger partial charge on any atom is -0.369 e. The number of hydrogen-bond donors (Lipinski definition) is 3. The van der Waals surface area contributed by atoms with E-state index < -0.39 is 23.4 Å². The standard InChI is InChI=1S/C27H33N3O3/c1-19(25(28)32)10-17-24(31)29-23(26(33)30-27(2,3)4)18-22-15-13-21(14-16-22)12-11-20-8-6-5-7-9-20/h5-9,13-16,19,23H,10,17-18H2,1-4H3,(H2,28,32)(H,29,31)(H,30,33). The van der Waals surface area contributed by atoms with Gasteiger partial charge in [-0.25, -0.2) is 0 Å². The third kappa shape index (κ3) is 9.61. The van der Waals surface area contributed by atoms with Crippen molar-refractivity contribution in [1.82, 2.24) is 10.6 Å². The molecule has 0 bridgehead atoms. The maximum absolute atomic E-state index is 12.8. The van der Waals surface area contributed by atoms with E-state index in [-0.39, 0.29) is 18.2 Å². The average Bonchev–Trinajstić information content (AvgIpc) is 2.76. The molecule has 0 aromatic heterocycles. The van der Waals surface area contributed by atoms with Gasteiger partial charge in [-0.1, -0.05) is 49.1 Å². The van der Waals surface area contributed by atoms with Crippen molar-refractivity contribution in [3.8, 4) is 11.8 Å². The van der Waals surface area contributed by atoms with E-state index in [0.29, 0.717) is 12.8 Å². The van der Waals surface area contributed by atoms with Crippen molar-refractivity contribution in [1.29, 1.82) is 0 Å². The molecule has 33 heavy (non-hydrogen) atoms. The Kier molecular flexibility index (Phi) is 9.23. The summed E-state index contributed by atoms with van der Waals surface area (Å²) in [5.41, 5.74) is 7.54. The molecule has 0 fully saturated rings. The lowest BCUT2D eigenvalue weighted by atomic mass is 10.0. The topological polar surface area (TPSA) is 101 Å². The fourth-order valence-electron chi connectivity index (χ4n) is 3.05. The number of rotatable bonds is 8. The smallest absolute Gasteiger partial charge is 0.243 e. The number of benzene rings is 2. The Balaban J connectivity index is 2.08. The van der Waals surface area contributed by atoms with Crippen LogP contribution in [0.15, 0.2) is 54.6 Å². The number of hydrogen-bond acceptors (Lipinski definition) is 3. The Bertz CT molecular complexity index is 1010. The molecule has 0 saturated carbocycles. The summed E-state index contributed by atoms with van der Waals surface area (Å²) in [4.78, 5) is 36.5. The van der Waals surface area contributed by atoms with Crippen molar-refractivity contribution in [2.24, 2.45) is 11.7 Å². The van der Waals surface area contributed by atoms with Crippen molar-refractivity contribution in [2.75, 3.05) is 0 Å². The van der Waals surface area contributed by atoms with E-state index in [4.69, 9.17) is 5.73 Å². The van der Waals surface area contributed by atoms with E-state index in [1.54, 1.807) is 6.92 Å². The molecule has 0 radical (unpaired) electrons. The Morgan fingerprint density at radius 2 is 1.52 bits per heavy atom. The van der Waals surface area contributed by atoms with Gasteiger partial charge in [-0.3, -0.25) is 14.4 Å². The van der Waals surface area contributed by atoms with Gasteiger partial charge in [0.2, 0.25) is 17.7 Å². The van der Waals surface area contributed by atoms with Crippen LogP contribution in [-0.4, -0.2) is 29.3 Å². The summed E-state index contributed by atoms with van der Waals surface area (Å²) < 4.78 is 0. The molecule has 6 nitrogen and oxygen atoms in total. The lowest BCUT2D eigenvalue weighted by Crippen LogP contribution is -2.53. The molecule has 0 aliphatic heterocycles. The molecule has 0 aliphatic rings. The normalized spacial score (nSPS) is 12.6. The van der Waals surface area contributed by atoms with E-state index in [9.17, 15) is 14.4 Å². The molecular formula is C27H33N3O3. The predicted octanol–water partition coefficient (Wildman–Crippen LogP) is 2.93. The van der Waals surface area contributed by atoms with Crippen LogP contribution in [0.1, 0.15) is 57.2 Å². The molecule has 2 unspecified atom stereocenters. The SMILES string of the molecule is CC(CCC(=O)NC(Cc1ccc(C#Cc2ccccc2)cc1)C(=O)NC(C)(C)C)C(N)=O. The summed E-state index contributed by atoms with van der Waals surface area (Å²) in [5, 5.41) is 5.74. The van der Waals surface area contributed by atoms with Gasteiger partial charge in [0.15, 0.2) is 0 Å². The van der Waals surface area contributed by atoms with Crippen LogP contribution in [0.25, 0.3) is 0 Å². The first-order chi connectivity index (χ1) is 15.5. The quantitative estimate of drug-likeness (QED) is 0.542. The van der Waals surface area contributed by atoms with Gasteiger partial charge in [0.25, 0.3) is 0 Å². The maximum atomic E-state index is 12.8. The van der Waals surface area contributed by atoms with Crippen molar-refractivity contribution >= 4 is 17.7 Å². The second-order valence-electron chi connectivity index (χ2n) is 9.22. The van der Waals surface area contributed by atoms with Crippen molar-refractivity contribution < 1.29 is 14.4 Å². The Labute approximate surface area is 196 Å². The van der Waals surface area contributed by atoms with Crippen LogP contribution in [0.5, 0.6) is 0 Å². The minimum atomic E-state index is -0.734. The first kappa shape index (κ1) is 25.7. The highest BCUT2D eigenvalue weighted by Crippen LogP contribution is 2.10. The summed E-state index contributed by atoms with van der Waals surface area (Å²) in [7, 11) is 0. The minimum absolute atomic E-state index is 0.122. The fraction of sp³-hybridized carbons (Fsp3) is 0.370. The molecule has 0 spiro atoms. The molecule has 0 saturated heterocycles. The molecular weight excluding hydrogens is 414 g/mol.